The largest absolute Gasteiger partial charge is 0.435 e. The molecule has 0 atom stereocenters. The number of nitrogens with zero attached hydrogens (tertiary/aromatic N) is 6. The van der Waals surface area contributed by atoms with Crippen LogP contribution < -0.4 is 5.56 Å². The molecule has 0 radical (unpaired) electrons. The minimum absolute atomic E-state index is 0.0415. The normalized spacial score (nSPS) is 14.0. The second kappa shape index (κ2) is 12.0. The third-order valence-corrected chi connectivity index (χ3v) is 6.19. The molecule has 0 unspecified atom stereocenters. The maximum absolute atomic E-state index is 13.3. The van der Waals surface area contributed by atoms with Gasteiger partial charge in [-0.25, -0.2) is 14.1 Å². The lowest BCUT2D eigenvalue weighted by Gasteiger charge is -2.22. The van der Waals surface area contributed by atoms with Crippen LogP contribution in [0.25, 0.3) is 11.4 Å². The molecule has 1 saturated carbocycles. The Bertz CT molecular complexity index is 1400. The molecule has 198 valence electrons. The highest BCUT2D eigenvalue weighted by Gasteiger charge is 2.36. The molecule has 11 heteroatoms. The van der Waals surface area contributed by atoms with Crippen LogP contribution in [-0.4, -0.2) is 29.7 Å². The Morgan fingerprint density at radius 3 is 2.32 bits per heavy atom. The van der Waals surface area contributed by atoms with E-state index in [-0.39, 0.29) is 17.4 Å². The fourth-order valence-corrected chi connectivity index (χ4v) is 4.40. The summed E-state index contributed by atoms with van der Waals surface area (Å²) in [6, 6.07) is 8.20. The zero-order chi connectivity index (χ0) is 27.1. The van der Waals surface area contributed by atoms with Gasteiger partial charge < -0.3 is 0 Å². The molecule has 0 N–H and O–H groups in total. The highest BCUT2D eigenvalue weighted by Crippen LogP contribution is 2.32. The number of alkyl halides is 3. The molecule has 0 amide bonds. The van der Waals surface area contributed by atoms with E-state index in [1.54, 1.807) is 12.1 Å². The first kappa shape index (κ1) is 27.0. The Hall–Kier alpha value is -4.02. The van der Waals surface area contributed by atoms with E-state index >= 15 is 0 Å². The van der Waals surface area contributed by atoms with Crippen LogP contribution in [0.1, 0.15) is 60.5 Å². The van der Waals surface area contributed by atoms with Crippen LogP contribution in [0.2, 0.25) is 0 Å². The first-order valence-corrected chi connectivity index (χ1v) is 12.2. The molecule has 0 aliphatic heterocycles. The third kappa shape index (κ3) is 6.84. The number of hydrogen-bond acceptors (Lipinski definition) is 6. The van der Waals surface area contributed by atoms with Gasteiger partial charge in [-0.2, -0.15) is 18.3 Å². The molecule has 4 aromatic rings. The Kier molecular flexibility index (Phi) is 8.55. The molecule has 7 nitrogen and oxygen atoms in total. The van der Waals surface area contributed by atoms with E-state index < -0.39 is 24.0 Å². The van der Waals surface area contributed by atoms with Crippen LogP contribution in [0.4, 0.5) is 17.6 Å². The third-order valence-electron chi connectivity index (χ3n) is 6.19. The van der Waals surface area contributed by atoms with E-state index in [0.717, 1.165) is 48.5 Å². The van der Waals surface area contributed by atoms with Gasteiger partial charge >= 0.3 is 6.18 Å². The van der Waals surface area contributed by atoms with Crippen LogP contribution in [-0.2, 0) is 12.7 Å². The van der Waals surface area contributed by atoms with Gasteiger partial charge in [-0.1, -0.05) is 31.4 Å². The first-order valence-electron chi connectivity index (χ1n) is 12.2. The lowest BCUT2D eigenvalue weighted by Crippen LogP contribution is -2.30. The van der Waals surface area contributed by atoms with Gasteiger partial charge in [0.15, 0.2) is 5.69 Å². The number of rotatable bonds is 4. The van der Waals surface area contributed by atoms with Gasteiger partial charge in [0, 0.05) is 30.4 Å². The fraction of sp³-hybridized carbons (Fsp3) is 0.333. The van der Waals surface area contributed by atoms with Crippen LogP contribution in [0.15, 0.2) is 66.1 Å². The van der Waals surface area contributed by atoms with Gasteiger partial charge in [-0.3, -0.25) is 19.7 Å². The Morgan fingerprint density at radius 2 is 1.68 bits per heavy atom. The summed E-state index contributed by atoms with van der Waals surface area (Å²) >= 11 is 0. The molecule has 5 rings (SSSR count). The molecule has 0 bridgehead atoms. The summed E-state index contributed by atoms with van der Waals surface area (Å²) in [6.45, 7) is 1.43. The van der Waals surface area contributed by atoms with Gasteiger partial charge in [0.25, 0.3) is 5.56 Å². The number of halogens is 4. The van der Waals surface area contributed by atoms with E-state index in [1.165, 1.54) is 36.9 Å². The average molecular weight is 527 g/mol. The van der Waals surface area contributed by atoms with Crippen molar-refractivity contribution in [2.24, 2.45) is 0 Å². The minimum Gasteiger partial charge on any atom is -0.267 e. The summed E-state index contributed by atoms with van der Waals surface area (Å²) in [6.07, 6.45) is 6.83. The zero-order valence-corrected chi connectivity index (χ0v) is 20.7. The van der Waals surface area contributed by atoms with Crippen molar-refractivity contribution in [2.45, 2.75) is 57.7 Å². The molecule has 1 aliphatic rings. The highest BCUT2D eigenvalue weighted by molar-refractivity contribution is 5.53. The minimum atomic E-state index is -4.68. The summed E-state index contributed by atoms with van der Waals surface area (Å²) in [5, 5.41) is 4.28. The fourth-order valence-electron chi connectivity index (χ4n) is 4.40. The van der Waals surface area contributed by atoms with Gasteiger partial charge in [0.05, 0.1) is 18.4 Å². The van der Waals surface area contributed by atoms with Crippen LogP contribution in [0.3, 0.4) is 0 Å². The number of aromatic nitrogens is 6. The number of hydrogen-bond donors (Lipinski definition) is 0. The molecule has 3 aromatic heterocycles. The average Bonchev–Trinajstić information content (AvgIpc) is 2.91. The smallest absolute Gasteiger partial charge is 0.267 e. The molecule has 1 aromatic carbocycles. The van der Waals surface area contributed by atoms with Crippen molar-refractivity contribution in [3.05, 3.63) is 100 Å². The number of benzene rings is 1. The molecular weight excluding hydrogens is 500 g/mol. The van der Waals surface area contributed by atoms with Crippen LogP contribution in [0.5, 0.6) is 0 Å². The SMILES string of the molecule is Cc1cccc(F)c1.O=c1c(C2CCCCC2)cc(-c2cnccn2)nn1Cc1nccnc1C(F)(F)F. The zero-order valence-electron chi connectivity index (χ0n) is 20.7. The molecule has 1 fully saturated rings. The maximum Gasteiger partial charge on any atom is 0.435 e. The van der Waals surface area contributed by atoms with E-state index in [2.05, 4.69) is 25.0 Å². The van der Waals surface area contributed by atoms with E-state index in [9.17, 15) is 22.4 Å². The predicted molar refractivity (Wildman–Crippen MR) is 133 cm³/mol. The van der Waals surface area contributed by atoms with Gasteiger partial charge in [0.1, 0.15) is 17.2 Å². The van der Waals surface area contributed by atoms with E-state index in [0.29, 0.717) is 17.0 Å². The summed E-state index contributed by atoms with van der Waals surface area (Å²) in [5.74, 6) is -0.120. The Balaban J connectivity index is 0.000000360. The quantitative estimate of drug-likeness (QED) is 0.315. The second-order valence-corrected chi connectivity index (χ2v) is 9.02. The number of aryl methyl sites for hydroxylation is 1. The topological polar surface area (TPSA) is 86.5 Å². The van der Waals surface area contributed by atoms with E-state index in [4.69, 9.17) is 0 Å². The monoisotopic (exact) mass is 526 g/mol. The Labute approximate surface area is 216 Å². The lowest BCUT2D eigenvalue weighted by molar-refractivity contribution is -0.142. The summed E-state index contributed by atoms with van der Waals surface area (Å²) in [4.78, 5) is 28.6. The van der Waals surface area contributed by atoms with Crippen LogP contribution >= 0.6 is 0 Å². The Morgan fingerprint density at radius 1 is 0.947 bits per heavy atom. The predicted octanol–water partition coefficient (Wildman–Crippen LogP) is 5.74. The molecular formula is C27H26F4N6O. The van der Waals surface area contributed by atoms with Crippen molar-refractivity contribution >= 4 is 0 Å². The molecule has 38 heavy (non-hydrogen) atoms. The molecule has 1 aliphatic carbocycles. The summed E-state index contributed by atoms with van der Waals surface area (Å²) < 4.78 is 53.2. The van der Waals surface area contributed by atoms with Crippen molar-refractivity contribution in [3.8, 4) is 11.4 Å². The molecule has 0 saturated heterocycles. The first-order chi connectivity index (χ1) is 18.2. The van der Waals surface area contributed by atoms with E-state index in [1.807, 2.05) is 13.0 Å². The highest BCUT2D eigenvalue weighted by atomic mass is 19.4. The summed E-state index contributed by atoms with van der Waals surface area (Å²) in [5.41, 5.74) is 0.452. The maximum atomic E-state index is 13.3. The summed E-state index contributed by atoms with van der Waals surface area (Å²) in [7, 11) is 0. The van der Waals surface area contributed by atoms with Crippen LogP contribution in [0, 0.1) is 12.7 Å². The van der Waals surface area contributed by atoms with Crippen molar-refractivity contribution < 1.29 is 17.6 Å². The van der Waals surface area contributed by atoms with Crippen molar-refractivity contribution in [3.63, 3.8) is 0 Å². The molecule has 0 spiro atoms. The standard InChI is InChI=1S/C20H19F3N6O.C7H7F/c21-20(22,23)18-17(26-8-9-27-18)12-29-19(30)14(13-4-2-1-3-5-13)10-15(28-29)16-11-24-6-7-25-16;1-6-3-2-4-7(8)5-6/h6-11,13H,1-5,12H2;2-5H,1H3. The second-order valence-electron chi connectivity index (χ2n) is 9.02. The van der Waals surface area contributed by atoms with Gasteiger partial charge in [-0.15, -0.1) is 0 Å². The van der Waals surface area contributed by atoms with Gasteiger partial charge in [-0.05, 0) is 49.4 Å². The van der Waals surface area contributed by atoms with Crippen molar-refractivity contribution in [2.75, 3.05) is 0 Å². The van der Waals surface area contributed by atoms with Crippen molar-refractivity contribution in [1.29, 1.82) is 0 Å². The lowest BCUT2D eigenvalue weighted by atomic mass is 9.84. The molecule has 3 heterocycles. The van der Waals surface area contributed by atoms with Crippen molar-refractivity contribution in [1.82, 2.24) is 29.7 Å². The van der Waals surface area contributed by atoms with Gasteiger partial charge in [0.2, 0.25) is 0 Å².